The van der Waals surface area contributed by atoms with Crippen LogP contribution in [0.1, 0.15) is 0 Å². The number of nitrogens with one attached hydrogen (secondary N) is 1. The van der Waals surface area contributed by atoms with Crippen molar-refractivity contribution in [1.82, 2.24) is 9.88 Å². The van der Waals surface area contributed by atoms with Crippen molar-refractivity contribution >= 4 is 29.1 Å². The first-order valence-electron chi connectivity index (χ1n) is 5.34. The number of rotatable bonds is 2. The van der Waals surface area contributed by atoms with E-state index in [-0.39, 0.29) is 18.2 Å². The predicted molar refractivity (Wildman–Crippen MR) is 69.4 cm³/mol. The minimum atomic E-state index is -0.200. The maximum Gasteiger partial charge on any atom is 0.125 e. The second-order valence-electron chi connectivity index (χ2n) is 3.90. The van der Waals surface area contributed by atoms with E-state index in [0.717, 1.165) is 29.8 Å². The third-order valence-corrected chi connectivity index (χ3v) is 2.80. The van der Waals surface area contributed by atoms with Crippen LogP contribution in [0.4, 0.5) is 4.39 Å². The number of halogens is 2. The fraction of sp³-hybridized carbons (Fsp3) is 0.250. The van der Waals surface area contributed by atoms with Crippen molar-refractivity contribution in [2.45, 2.75) is 6.54 Å². The first-order valence-corrected chi connectivity index (χ1v) is 5.34. The van der Waals surface area contributed by atoms with E-state index in [4.69, 9.17) is 0 Å². The quantitative estimate of drug-likeness (QED) is 0.874. The van der Waals surface area contributed by atoms with Gasteiger partial charge in [-0.1, -0.05) is 0 Å². The Balaban J connectivity index is 0.00000108. The van der Waals surface area contributed by atoms with Crippen molar-refractivity contribution in [1.29, 1.82) is 0 Å². The Labute approximate surface area is 105 Å². The highest BCUT2D eigenvalue weighted by molar-refractivity contribution is 5.86. The van der Waals surface area contributed by atoms with Crippen LogP contribution in [0.25, 0.3) is 10.9 Å². The second kappa shape index (κ2) is 4.75. The van der Waals surface area contributed by atoms with E-state index in [1.54, 1.807) is 12.1 Å². The van der Waals surface area contributed by atoms with Gasteiger partial charge in [0.1, 0.15) is 11.7 Å². The summed E-state index contributed by atoms with van der Waals surface area (Å²) in [6.07, 6.45) is 1.96. The van der Waals surface area contributed by atoms with Crippen LogP contribution in [0.2, 0.25) is 0 Å². The molecule has 0 atom stereocenters. The molecule has 0 fully saturated rings. The number of aromatic nitrogens is 1. The Morgan fingerprint density at radius 3 is 3.00 bits per heavy atom. The summed E-state index contributed by atoms with van der Waals surface area (Å²) in [5.74, 6) is 0.774. The Morgan fingerprint density at radius 1 is 1.35 bits per heavy atom. The number of hydrogen-bond donors (Lipinski definition) is 1. The van der Waals surface area contributed by atoms with Gasteiger partial charge in [-0.3, -0.25) is 4.99 Å². The smallest absolute Gasteiger partial charge is 0.125 e. The highest BCUT2D eigenvalue weighted by Gasteiger charge is 2.08. The van der Waals surface area contributed by atoms with Crippen LogP contribution in [-0.4, -0.2) is 23.5 Å². The zero-order valence-electron chi connectivity index (χ0n) is 9.19. The first kappa shape index (κ1) is 11.9. The van der Waals surface area contributed by atoms with E-state index >= 15 is 0 Å². The van der Waals surface area contributed by atoms with Gasteiger partial charge in [0.05, 0.1) is 18.6 Å². The van der Waals surface area contributed by atoms with Gasteiger partial charge in [-0.05, 0) is 29.7 Å². The van der Waals surface area contributed by atoms with Crippen LogP contribution in [0.15, 0.2) is 35.5 Å². The Morgan fingerprint density at radius 2 is 2.24 bits per heavy atom. The number of hydrogen-bond acceptors (Lipinski definition) is 2. The molecule has 0 aliphatic carbocycles. The molecule has 0 saturated heterocycles. The van der Waals surface area contributed by atoms with Crippen LogP contribution >= 0.6 is 12.4 Å². The SMILES string of the molecule is Cl.Fc1ccc2ccn(CC3=NCCN3)c2c1. The lowest BCUT2D eigenvalue weighted by Gasteiger charge is -2.05. The van der Waals surface area contributed by atoms with Crippen molar-refractivity contribution in [3.8, 4) is 0 Å². The molecule has 1 aromatic carbocycles. The summed E-state index contributed by atoms with van der Waals surface area (Å²) in [4.78, 5) is 4.33. The highest BCUT2D eigenvalue weighted by atomic mass is 35.5. The van der Waals surface area contributed by atoms with Crippen LogP contribution in [-0.2, 0) is 6.54 Å². The van der Waals surface area contributed by atoms with Crippen LogP contribution in [0.5, 0.6) is 0 Å². The summed E-state index contributed by atoms with van der Waals surface area (Å²) < 4.78 is 15.2. The molecule has 0 bridgehead atoms. The van der Waals surface area contributed by atoms with E-state index in [1.165, 1.54) is 6.07 Å². The Hall–Kier alpha value is -1.55. The number of nitrogens with zero attached hydrogens (tertiary/aromatic N) is 2. The molecule has 0 radical (unpaired) electrons. The van der Waals surface area contributed by atoms with Gasteiger partial charge in [0, 0.05) is 12.7 Å². The van der Waals surface area contributed by atoms with E-state index in [2.05, 4.69) is 10.3 Å². The second-order valence-corrected chi connectivity index (χ2v) is 3.90. The largest absolute Gasteiger partial charge is 0.370 e. The van der Waals surface area contributed by atoms with Crippen LogP contribution in [0.3, 0.4) is 0 Å². The van der Waals surface area contributed by atoms with Crippen LogP contribution < -0.4 is 5.32 Å². The van der Waals surface area contributed by atoms with Crippen LogP contribution in [0, 0.1) is 5.82 Å². The molecule has 1 aliphatic heterocycles. The third kappa shape index (κ3) is 2.26. The maximum atomic E-state index is 13.1. The predicted octanol–water partition coefficient (Wildman–Crippen LogP) is 2.20. The summed E-state index contributed by atoms with van der Waals surface area (Å²) >= 11 is 0. The summed E-state index contributed by atoms with van der Waals surface area (Å²) in [7, 11) is 0. The lowest BCUT2D eigenvalue weighted by molar-refractivity contribution is 0.628. The molecular formula is C12H13ClFN3. The van der Waals surface area contributed by atoms with Crippen molar-refractivity contribution < 1.29 is 4.39 Å². The van der Waals surface area contributed by atoms with E-state index in [0.29, 0.717) is 6.54 Å². The fourth-order valence-corrected chi connectivity index (χ4v) is 2.01. The molecule has 2 aromatic rings. The molecule has 0 unspecified atom stereocenters. The number of aliphatic imine (C=N–C) groups is 1. The van der Waals surface area contributed by atoms with Crippen molar-refractivity contribution in [2.75, 3.05) is 13.1 Å². The fourth-order valence-electron chi connectivity index (χ4n) is 2.01. The lowest BCUT2D eigenvalue weighted by Crippen LogP contribution is -2.23. The van der Waals surface area contributed by atoms with E-state index in [1.807, 2.05) is 16.8 Å². The zero-order valence-corrected chi connectivity index (χ0v) is 10.0. The number of fused-ring (bicyclic) bond motifs is 1. The molecule has 0 saturated carbocycles. The molecule has 2 heterocycles. The minimum Gasteiger partial charge on any atom is -0.370 e. The topological polar surface area (TPSA) is 29.3 Å². The third-order valence-electron chi connectivity index (χ3n) is 2.80. The van der Waals surface area contributed by atoms with Gasteiger partial charge in [0.2, 0.25) is 0 Å². The summed E-state index contributed by atoms with van der Waals surface area (Å²) in [6.45, 7) is 2.43. The monoisotopic (exact) mass is 253 g/mol. The zero-order chi connectivity index (χ0) is 11.0. The molecule has 5 heteroatoms. The van der Waals surface area contributed by atoms with Gasteiger partial charge in [-0.15, -0.1) is 12.4 Å². The normalized spacial score (nSPS) is 14.3. The Bertz CT molecular complexity index is 562. The van der Waals surface area contributed by atoms with Gasteiger partial charge in [0.25, 0.3) is 0 Å². The van der Waals surface area contributed by atoms with Gasteiger partial charge < -0.3 is 9.88 Å². The van der Waals surface area contributed by atoms with Crippen molar-refractivity contribution in [3.05, 3.63) is 36.3 Å². The Kier molecular flexibility index (Phi) is 3.33. The molecule has 1 aromatic heterocycles. The van der Waals surface area contributed by atoms with Crippen molar-refractivity contribution in [2.24, 2.45) is 4.99 Å². The first-order chi connectivity index (χ1) is 7.83. The molecule has 1 N–H and O–H groups in total. The van der Waals surface area contributed by atoms with E-state index < -0.39 is 0 Å². The molecule has 1 aliphatic rings. The standard InChI is InChI=1S/C12H12FN3.ClH/c13-10-2-1-9-3-6-16(11(9)7-10)8-12-14-4-5-15-12;/h1-3,6-7H,4-5,8H2,(H,14,15);1H. The maximum absolute atomic E-state index is 13.1. The summed E-state index contributed by atoms with van der Waals surface area (Å²) in [6, 6.07) is 6.83. The highest BCUT2D eigenvalue weighted by Crippen LogP contribution is 2.17. The number of benzene rings is 1. The molecule has 0 amide bonds. The van der Waals surface area contributed by atoms with Gasteiger partial charge in [0.15, 0.2) is 0 Å². The summed E-state index contributed by atoms with van der Waals surface area (Å²) in [5.41, 5.74) is 0.913. The average Bonchev–Trinajstić information content (AvgIpc) is 2.90. The van der Waals surface area contributed by atoms with E-state index in [9.17, 15) is 4.39 Å². The average molecular weight is 254 g/mol. The van der Waals surface area contributed by atoms with Gasteiger partial charge >= 0.3 is 0 Å². The van der Waals surface area contributed by atoms with Gasteiger partial charge in [-0.25, -0.2) is 4.39 Å². The summed E-state index contributed by atoms with van der Waals surface area (Å²) in [5, 5.41) is 4.27. The molecule has 17 heavy (non-hydrogen) atoms. The lowest BCUT2D eigenvalue weighted by atomic mass is 10.2. The van der Waals surface area contributed by atoms with Crippen molar-refractivity contribution in [3.63, 3.8) is 0 Å². The van der Waals surface area contributed by atoms with Gasteiger partial charge in [-0.2, -0.15) is 0 Å². The molecular weight excluding hydrogens is 241 g/mol. The molecule has 0 spiro atoms. The minimum absolute atomic E-state index is 0. The molecule has 90 valence electrons. The molecule has 3 rings (SSSR count). The number of amidine groups is 1. The molecule has 3 nitrogen and oxygen atoms in total.